The number of nitrogens with two attached hydrogens (primary N) is 1. The van der Waals surface area contributed by atoms with Crippen LogP contribution in [0.3, 0.4) is 0 Å². The molecule has 0 aromatic carbocycles. The van der Waals surface area contributed by atoms with Gasteiger partial charge < -0.3 is 15.5 Å². The maximum Gasteiger partial charge on any atom is 0.332 e. The van der Waals surface area contributed by atoms with E-state index in [2.05, 4.69) is 9.97 Å². The van der Waals surface area contributed by atoms with Crippen molar-refractivity contribution in [1.82, 2.24) is 14.9 Å². The highest BCUT2D eigenvalue weighted by Crippen LogP contribution is 2.29. The molecule has 0 saturated heterocycles. The normalized spacial score (nSPS) is 10.8. The Morgan fingerprint density at radius 2 is 1.90 bits per heavy atom. The number of hydrogen-bond donors (Lipinski definition) is 1. The van der Waals surface area contributed by atoms with Crippen molar-refractivity contribution < 1.29 is 4.92 Å². The molecule has 0 bridgehead atoms. The molecule has 112 valence electrons. The zero-order valence-electron chi connectivity index (χ0n) is 12.5. The van der Waals surface area contributed by atoms with Crippen molar-refractivity contribution in [2.24, 2.45) is 0 Å². The van der Waals surface area contributed by atoms with Crippen LogP contribution in [-0.4, -0.2) is 53.5 Å². The average Bonchev–Trinajstić information content (AvgIpc) is 2.32. The van der Waals surface area contributed by atoms with Gasteiger partial charge in [-0.1, -0.05) is 6.92 Å². The molecule has 0 spiro atoms. The Hall–Kier alpha value is -1.96. The standard InChI is InChI=1S/C12H22N6O2/c1-5-6-17(8-7-16(3)4)11-10(18(19)20)9(2)14-12(13)15-11/h5-8H2,1-4H3,(H2,13,14,15). The Bertz CT molecular complexity index is 477. The highest BCUT2D eigenvalue weighted by Gasteiger charge is 2.25. The van der Waals surface area contributed by atoms with E-state index in [0.29, 0.717) is 24.6 Å². The van der Waals surface area contributed by atoms with Crippen molar-refractivity contribution in [1.29, 1.82) is 0 Å². The van der Waals surface area contributed by atoms with E-state index in [1.807, 2.05) is 30.8 Å². The summed E-state index contributed by atoms with van der Waals surface area (Å²) in [5, 5.41) is 11.2. The lowest BCUT2D eigenvalue weighted by molar-refractivity contribution is -0.385. The largest absolute Gasteiger partial charge is 0.368 e. The van der Waals surface area contributed by atoms with E-state index in [-0.39, 0.29) is 11.6 Å². The van der Waals surface area contributed by atoms with E-state index >= 15 is 0 Å². The zero-order valence-corrected chi connectivity index (χ0v) is 12.5. The fraction of sp³-hybridized carbons (Fsp3) is 0.667. The molecule has 0 fully saturated rings. The van der Waals surface area contributed by atoms with Crippen molar-refractivity contribution >= 4 is 17.5 Å². The maximum atomic E-state index is 11.2. The molecule has 1 aromatic heterocycles. The van der Waals surface area contributed by atoms with Crippen LogP contribution in [0.25, 0.3) is 0 Å². The van der Waals surface area contributed by atoms with Crippen molar-refractivity contribution in [2.45, 2.75) is 20.3 Å². The molecular formula is C12H22N6O2. The molecule has 0 saturated carbocycles. The van der Waals surface area contributed by atoms with Crippen molar-refractivity contribution in [3.8, 4) is 0 Å². The van der Waals surface area contributed by atoms with E-state index in [4.69, 9.17) is 5.73 Å². The number of nitrogen functional groups attached to an aromatic ring is 1. The third-order valence-corrected chi connectivity index (χ3v) is 2.85. The van der Waals surface area contributed by atoms with Crippen LogP contribution in [0.5, 0.6) is 0 Å². The zero-order chi connectivity index (χ0) is 15.3. The molecule has 0 amide bonds. The van der Waals surface area contributed by atoms with Crippen LogP contribution < -0.4 is 10.6 Å². The van der Waals surface area contributed by atoms with Gasteiger partial charge >= 0.3 is 5.69 Å². The Morgan fingerprint density at radius 3 is 2.40 bits per heavy atom. The van der Waals surface area contributed by atoms with Crippen LogP contribution in [0.15, 0.2) is 0 Å². The smallest absolute Gasteiger partial charge is 0.332 e. The number of nitro groups is 1. The molecular weight excluding hydrogens is 260 g/mol. The van der Waals surface area contributed by atoms with E-state index in [1.54, 1.807) is 6.92 Å². The molecule has 1 aromatic rings. The minimum Gasteiger partial charge on any atom is -0.368 e. The monoisotopic (exact) mass is 282 g/mol. The third kappa shape index (κ3) is 4.02. The lowest BCUT2D eigenvalue weighted by Gasteiger charge is -2.24. The Labute approximate surface area is 118 Å². The van der Waals surface area contributed by atoms with E-state index in [9.17, 15) is 10.1 Å². The predicted octanol–water partition coefficient (Wildman–Crippen LogP) is 1.05. The lowest BCUT2D eigenvalue weighted by Crippen LogP contribution is -2.33. The summed E-state index contributed by atoms with van der Waals surface area (Å²) in [5.41, 5.74) is 5.87. The first kappa shape index (κ1) is 16.1. The summed E-state index contributed by atoms with van der Waals surface area (Å²) in [5.74, 6) is 0.373. The second-order valence-corrected chi connectivity index (χ2v) is 4.89. The number of aromatic nitrogens is 2. The highest BCUT2D eigenvalue weighted by molar-refractivity contribution is 5.62. The second kappa shape index (κ2) is 6.99. The topological polar surface area (TPSA) is 101 Å². The molecule has 0 radical (unpaired) electrons. The van der Waals surface area contributed by atoms with Gasteiger partial charge in [0.1, 0.15) is 5.69 Å². The molecule has 2 N–H and O–H groups in total. The average molecular weight is 282 g/mol. The highest BCUT2D eigenvalue weighted by atomic mass is 16.6. The summed E-state index contributed by atoms with van der Waals surface area (Å²) in [4.78, 5) is 22.7. The summed E-state index contributed by atoms with van der Waals surface area (Å²) in [7, 11) is 3.91. The third-order valence-electron chi connectivity index (χ3n) is 2.85. The van der Waals surface area contributed by atoms with Gasteiger partial charge in [0.25, 0.3) is 0 Å². The second-order valence-electron chi connectivity index (χ2n) is 4.89. The molecule has 0 aliphatic heterocycles. The van der Waals surface area contributed by atoms with Gasteiger partial charge in [-0.2, -0.15) is 4.98 Å². The molecule has 1 rings (SSSR count). The quantitative estimate of drug-likeness (QED) is 0.589. The minimum absolute atomic E-state index is 0.0635. The van der Waals surface area contributed by atoms with Crippen LogP contribution in [0.4, 0.5) is 17.5 Å². The summed E-state index contributed by atoms with van der Waals surface area (Å²) in [6.07, 6.45) is 0.869. The Balaban J connectivity index is 3.20. The SMILES string of the molecule is CCCN(CCN(C)C)c1nc(N)nc(C)c1[N+](=O)[O-]. The van der Waals surface area contributed by atoms with Crippen LogP contribution in [0, 0.1) is 17.0 Å². The van der Waals surface area contributed by atoms with Gasteiger partial charge in [0, 0.05) is 19.6 Å². The van der Waals surface area contributed by atoms with Crippen molar-refractivity contribution in [2.75, 3.05) is 44.4 Å². The van der Waals surface area contributed by atoms with Gasteiger partial charge in [0.2, 0.25) is 11.8 Å². The lowest BCUT2D eigenvalue weighted by atomic mass is 10.3. The molecule has 1 heterocycles. The number of aryl methyl sites for hydroxylation is 1. The fourth-order valence-corrected chi connectivity index (χ4v) is 1.92. The Kier molecular flexibility index (Phi) is 5.63. The van der Waals surface area contributed by atoms with Gasteiger partial charge in [0.15, 0.2) is 0 Å². The van der Waals surface area contributed by atoms with Gasteiger partial charge in [-0.05, 0) is 27.4 Å². The number of rotatable bonds is 7. The number of hydrogen-bond acceptors (Lipinski definition) is 7. The van der Waals surface area contributed by atoms with Crippen molar-refractivity contribution in [3.05, 3.63) is 15.8 Å². The van der Waals surface area contributed by atoms with Gasteiger partial charge in [0.05, 0.1) is 4.92 Å². The predicted molar refractivity (Wildman–Crippen MR) is 78.9 cm³/mol. The summed E-state index contributed by atoms with van der Waals surface area (Å²) in [6.45, 7) is 5.71. The molecule has 8 heteroatoms. The fourth-order valence-electron chi connectivity index (χ4n) is 1.92. The van der Waals surface area contributed by atoms with Gasteiger partial charge in [-0.25, -0.2) is 4.98 Å². The molecule has 0 atom stereocenters. The molecule has 0 aliphatic carbocycles. The maximum absolute atomic E-state index is 11.2. The summed E-state index contributed by atoms with van der Waals surface area (Å²) < 4.78 is 0. The summed E-state index contributed by atoms with van der Waals surface area (Å²) >= 11 is 0. The molecule has 0 aliphatic rings. The van der Waals surface area contributed by atoms with E-state index in [0.717, 1.165) is 13.0 Å². The van der Waals surface area contributed by atoms with Gasteiger partial charge in [-0.3, -0.25) is 10.1 Å². The van der Waals surface area contributed by atoms with Crippen molar-refractivity contribution in [3.63, 3.8) is 0 Å². The summed E-state index contributed by atoms with van der Waals surface area (Å²) in [6, 6.07) is 0. The van der Waals surface area contributed by atoms with Crippen LogP contribution in [0.2, 0.25) is 0 Å². The first-order valence-corrected chi connectivity index (χ1v) is 6.55. The molecule has 20 heavy (non-hydrogen) atoms. The minimum atomic E-state index is -0.442. The van der Waals surface area contributed by atoms with Crippen LogP contribution in [0.1, 0.15) is 19.0 Å². The van der Waals surface area contributed by atoms with Crippen LogP contribution in [-0.2, 0) is 0 Å². The van der Waals surface area contributed by atoms with E-state index in [1.165, 1.54) is 0 Å². The van der Waals surface area contributed by atoms with E-state index < -0.39 is 4.92 Å². The Morgan fingerprint density at radius 1 is 1.25 bits per heavy atom. The molecule has 8 nitrogen and oxygen atoms in total. The number of likely N-dealkylation sites (N-methyl/N-ethyl adjacent to an activating group) is 1. The number of anilines is 2. The molecule has 0 unspecified atom stereocenters. The van der Waals surface area contributed by atoms with Crippen LogP contribution >= 0.6 is 0 Å². The number of nitrogens with zero attached hydrogens (tertiary/aromatic N) is 5. The first-order valence-electron chi connectivity index (χ1n) is 6.55. The van der Waals surface area contributed by atoms with Gasteiger partial charge in [-0.15, -0.1) is 0 Å². The first-order chi connectivity index (χ1) is 9.36.